The molecule has 4 aliphatic carbocycles. The quantitative estimate of drug-likeness (QED) is 0.134. The maximum absolute atomic E-state index is 2.49. The second-order valence-electron chi connectivity index (χ2n) is 30.6. The average molecular weight is 1340 g/mol. The Labute approximate surface area is 611 Å². The molecule has 0 amide bonds. The second-order valence-corrected chi connectivity index (χ2v) is 30.6. The second kappa shape index (κ2) is 22.1. The SMILES string of the molecule is CC1(C)c2ccccc2-c2ccc(-n3c4ccccc4c4cc(-c5ccc(/C=C/c6ccc7c(c6)C6(c8ccccc8-c8ccccc86)c6cc(/C=C/c8ccc(-c9ccc%10c(c9)c9ccccc9n%10-c9ccc%10c(c9)C(C)(C)c9ccccc9-%10)c9ccccc89)ccc6-7)c6ccccc56)ccc43)cc21. The van der Waals surface area contributed by atoms with Crippen molar-refractivity contribution in [1.82, 2.24) is 9.13 Å². The van der Waals surface area contributed by atoms with Crippen LogP contribution < -0.4 is 0 Å². The van der Waals surface area contributed by atoms with Gasteiger partial charge in [0.15, 0.2) is 0 Å². The molecule has 0 N–H and O–H groups in total. The molecule has 16 aromatic carbocycles. The highest BCUT2D eigenvalue weighted by atomic mass is 15.0. The third kappa shape index (κ3) is 8.42. The fourth-order valence-corrected chi connectivity index (χ4v) is 19.7. The molecule has 22 rings (SSSR count). The third-order valence-electron chi connectivity index (χ3n) is 24.6. The van der Waals surface area contributed by atoms with Gasteiger partial charge in [-0.2, -0.15) is 0 Å². The Balaban J connectivity index is 0.598. The minimum Gasteiger partial charge on any atom is -0.309 e. The summed E-state index contributed by atoms with van der Waals surface area (Å²) in [5.74, 6) is 0. The van der Waals surface area contributed by atoms with Gasteiger partial charge in [-0.05, 0) is 228 Å². The number of nitrogens with zero attached hydrogens (tertiary/aromatic N) is 2. The zero-order valence-corrected chi connectivity index (χ0v) is 58.9. The number of para-hydroxylation sites is 2. The van der Waals surface area contributed by atoms with Gasteiger partial charge >= 0.3 is 0 Å². The van der Waals surface area contributed by atoms with Gasteiger partial charge in [0.1, 0.15) is 0 Å². The molecule has 4 aliphatic rings. The predicted octanol–water partition coefficient (Wildman–Crippen LogP) is 26.8. The number of benzene rings is 16. The van der Waals surface area contributed by atoms with Gasteiger partial charge in [0.2, 0.25) is 0 Å². The topological polar surface area (TPSA) is 9.86 Å². The number of hydrogen-bond acceptors (Lipinski definition) is 0. The van der Waals surface area contributed by atoms with Crippen LogP contribution in [0.1, 0.15) is 94.5 Å². The first-order chi connectivity index (χ1) is 51.6. The Morgan fingerprint density at radius 1 is 0.210 bits per heavy atom. The van der Waals surface area contributed by atoms with E-state index in [1.165, 1.54) is 210 Å². The molecule has 0 bridgehead atoms. The van der Waals surface area contributed by atoms with Gasteiger partial charge in [0.05, 0.1) is 27.5 Å². The van der Waals surface area contributed by atoms with E-state index in [0.29, 0.717) is 0 Å². The highest BCUT2D eigenvalue weighted by molar-refractivity contribution is 6.14. The van der Waals surface area contributed by atoms with E-state index in [1.54, 1.807) is 0 Å². The van der Waals surface area contributed by atoms with Crippen LogP contribution in [0.15, 0.2) is 328 Å². The number of rotatable bonds is 8. The van der Waals surface area contributed by atoms with Gasteiger partial charge in [0, 0.05) is 43.7 Å². The van der Waals surface area contributed by atoms with Crippen LogP contribution in [0.3, 0.4) is 0 Å². The molecule has 0 aliphatic heterocycles. The van der Waals surface area contributed by atoms with Crippen molar-refractivity contribution in [3.8, 4) is 78.1 Å². The van der Waals surface area contributed by atoms with Crippen LogP contribution in [-0.4, -0.2) is 9.13 Å². The van der Waals surface area contributed by atoms with Crippen molar-refractivity contribution < 1.29 is 0 Å². The van der Waals surface area contributed by atoms with Crippen molar-refractivity contribution in [2.45, 2.75) is 43.9 Å². The number of aromatic nitrogens is 2. The Morgan fingerprint density at radius 3 is 0.971 bits per heavy atom. The zero-order chi connectivity index (χ0) is 69.6. The predicted molar refractivity (Wildman–Crippen MR) is 443 cm³/mol. The van der Waals surface area contributed by atoms with Gasteiger partial charge in [0.25, 0.3) is 0 Å². The molecule has 0 atom stereocenters. The first kappa shape index (κ1) is 59.8. The van der Waals surface area contributed by atoms with E-state index in [0.717, 1.165) is 0 Å². The van der Waals surface area contributed by atoms with E-state index in [1.807, 2.05) is 0 Å². The maximum Gasteiger partial charge on any atom is 0.0725 e. The number of hydrogen-bond donors (Lipinski definition) is 0. The van der Waals surface area contributed by atoms with Crippen LogP contribution in [0.2, 0.25) is 0 Å². The Kier molecular flexibility index (Phi) is 12.6. The molecule has 0 unspecified atom stereocenters. The summed E-state index contributed by atoms with van der Waals surface area (Å²) >= 11 is 0. The fraction of sp³-hybridized carbons (Fsp3) is 0.0680. The van der Waals surface area contributed by atoms with Crippen LogP contribution in [0.25, 0.3) is 168 Å². The van der Waals surface area contributed by atoms with Gasteiger partial charge in [-0.25, -0.2) is 0 Å². The number of fused-ring (bicyclic) bond motifs is 24. The van der Waals surface area contributed by atoms with Crippen LogP contribution in [0.4, 0.5) is 0 Å². The van der Waals surface area contributed by atoms with Crippen molar-refractivity contribution in [1.29, 1.82) is 0 Å². The lowest BCUT2D eigenvalue weighted by Crippen LogP contribution is -2.26. The van der Waals surface area contributed by atoms with Gasteiger partial charge in [-0.3, -0.25) is 0 Å². The van der Waals surface area contributed by atoms with Crippen LogP contribution in [0, 0.1) is 0 Å². The standard InChI is InChI=1S/C103H70N2/c1-101(2)89-31-15-9-25-77(89)81-53-47-69(61-93(81)101)104-97-35-19-13-29-85(97)87-59-67(45-55-99(87)104)73-51-43-65(71-21-5-7-23-75(71)73)41-37-63-39-49-83-84-50-40-64(58-96(84)103(95(83)57-63)91-33-17-11-27-79(91)80-28-12-18-34-92(80)103)38-42-66-44-52-74(76-24-8-6-22-72(66)76)68-46-56-100-88(60-68)86-30-14-20-36-98(86)105(100)70-48-54-82-78-26-10-16-32-90(78)102(3,4)94(82)62-70/h5-62H,1-4H3/b41-37+,42-38+. The molecular weight excluding hydrogens is 1270 g/mol. The van der Waals surface area contributed by atoms with E-state index in [2.05, 4.69) is 389 Å². The van der Waals surface area contributed by atoms with Crippen molar-refractivity contribution in [3.63, 3.8) is 0 Å². The van der Waals surface area contributed by atoms with E-state index >= 15 is 0 Å². The van der Waals surface area contributed by atoms with E-state index in [4.69, 9.17) is 0 Å². The van der Waals surface area contributed by atoms with Crippen molar-refractivity contribution in [2.75, 3.05) is 0 Å². The summed E-state index contributed by atoms with van der Waals surface area (Å²) in [6.07, 6.45) is 9.33. The molecule has 492 valence electrons. The lowest BCUT2D eigenvalue weighted by Gasteiger charge is -2.30. The van der Waals surface area contributed by atoms with Gasteiger partial charge in [-0.15, -0.1) is 0 Å². The van der Waals surface area contributed by atoms with Crippen molar-refractivity contribution >= 4 is 89.5 Å². The fourth-order valence-electron chi connectivity index (χ4n) is 19.7. The molecule has 2 heterocycles. The molecule has 18 aromatic rings. The molecule has 105 heavy (non-hydrogen) atoms. The first-order valence-corrected chi connectivity index (χ1v) is 37.0. The smallest absolute Gasteiger partial charge is 0.0725 e. The van der Waals surface area contributed by atoms with Crippen molar-refractivity contribution in [2.24, 2.45) is 0 Å². The van der Waals surface area contributed by atoms with Crippen LogP contribution in [0.5, 0.6) is 0 Å². The Morgan fingerprint density at radius 2 is 0.533 bits per heavy atom. The summed E-state index contributed by atoms with van der Waals surface area (Å²) < 4.78 is 4.94. The normalized spacial score (nSPS) is 14.4. The maximum atomic E-state index is 2.49. The zero-order valence-electron chi connectivity index (χ0n) is 58.9. The van der Waals surface area contributed by atoms with Gasteiger partial charge in [-0.1, -0.05) is 307 Å². The minimum absolute atomic E-state index is 0.0919. The highest BCUT2D eigenvalue weighted by Gasteiger charge is 2.52. The van der Waals surface area contributed by atoms with E-state index < -0.39 is 5.41 Å². The summed E-state index contributed by atoms with van der Waals surface area (Å²) in [5, 5.41) is 9.93. The lowest BCUT2D eigenvalue weighted by atomic mass is 9.70. The summed E-state index contributed by atoms with van der Waals surface area (Å²) in [5.41, 5.74) is 37.5. The van der Waals surface area contributed by atoms with Crippen LogP contribution in [-0.2, 0) is 16.2 Å². The first-order valence-electron chi connectivity index (χ1n) is 37.0. The Hall–Kier alpha value is -12.9. The molecule has 0 fully saturated rings. The summed E-state index contributed by atoms with van der Waals surface area (Å²) in [6, 6.07) is 124. The minimum atomic E-state index is -0.523. The average Bonchev–Trinajstić information content (AvgIpc) is 1.51. The van der Waals surface area contributed by atoms with E-state index in [-0.39, 0.29) is 10.8 Å². The van der Waals surface area contributed by atoms with Crippen LogP contribution >= 0.6 is 0 Å². The summed E-state index contributed by atoms with van der Waals surface area (Å²) in [4.78, 5) is 0. The molecule has 0 radical (unpaired) electrons. The Bertz CT molecular complexity index is 6490. The molecule has 2 nitrogen and oxygen atoms in total. The lowest BCUT2D eigenvalue weighted by molar-refractivity contribution is 0.660. The van der Waals surface area contributed by atoms with Crippen molar-refractivity contribution in [3.05, 3.63) is 394 Å². The monoisotopic (exact) mass is 1330 g/mol. The molecule has 0 saturated heterocycles. The largest absolute Gasteiger partial charge is 0.309 e. The summed E-state index contributed by atoms with van der Waals surface area (Å²) in [6.45, 7) is 9.47. The molecule has 0 saturated carbocycles. The molecule has 2 aromatic heterocycles. The molecule has 2 heteroatoms. The molecular formula is C103H70N2. The third-order valence-corrected chi connectivity index (χ3v) is 24.6. The molecule has 1 spiro atoms. The highest BCUT2D eigenvalue weighted by Crippen LogP contribution is 2.63. The van der Waals surface area contributed by atoms with Gasteiger partial charge < -0.3 is 9.13 Å². The van der Waals surface area contributed by atoms with E-state index in [9.17, 15) is 0 Å². The summed E-state index contributed by atoms with van der Waals surface area (Å²) in [7, 11) is 0.